The number of ether oxygens (including phenoxy) is 3. The third-order valence-corrected chi connectivity index (χ3v) is 2.81. The highest BCUT2D eigenvalue weighted by Gasteiger charge is 2.46. The maximum atomic E-state index is 10.9. The van der Waals surface area contributed by atoms with Crippen LogP contribution in [0.1, 0.15) is 6.92 Å². The number of carbonyl (C=O) groups is 1. The lowest BCUT2D eigenvalue weighted by molar-refractivity contribution is -0.302. The third-order valence-electron chi connectivity index (χ3n) is 2.49. The van der Waals surface area contributed by atoms with E-state index >= 15 is 0 Å². The van der Waals surface area contributed by atoms with E-state index in [2.05, 4.69) is 15.9 Å². The molecule has 0 aromatic carbocycles. The topological polar surface area (TPSA) is 105 Å². The zero-order valence-electron chi connectivity index (χ0n) is 9.86. The van der Waals surface area contributed by atoms with Crippen molar-refractivity contribution in [3.63, 3.8) is 0 Å². The van der Waals surface area contributed by atoms with Gasteiger partial charge in [0.15, 0.2) is 12.4 Å². The predicted molar refractivity (Wildman–Crippen MR) is 63.1 cm³/mol. The SMILES string of the molecule is CC(=O)O[C@H]1C(O)[C@H](O)C(CO)O[C@H]1OCCBr. The molecular weight excluding hydrogens is 312 g/mol. The van der Waals surface area contributed by atoms with Crippen LogP contribution in [0.2, 0.25) is 0 Å². The van der Waals surface area contributed by atoms with Crippen LogP contribution in [0.3, 0.4) is 0 Å². The Labute approximate surface area is 113 Å². The average molecular weight is 329 g/mol. The number of aliphatic hydroxyl groups excluding tert-OH is 3. The fourth-order valence-electron chi connectivity index (χ4n) is 1.67. The Morgan fingerprint density at radius 1 is 1.39 bits per heavy atom. The Morgan fingerprint density at radius 2 is 2.06 bits per heavy atom. The van der Waals surface area contributed by atoms with Gasteiger partial charge in [0.1, 0.15) is 18.3 Å². The molecule has 1 rings (SSSR count). The van der Waals surface area contributed by atoms with Crippen molar-refractivity contribution in [2.75, 3.05) is 18.5 Å². The van der Waals surface area contributed by atoms with Crippen LogP contribution in [-0.2, 0) is 19.0 Å². The summed E-state index contributed by atoms with van der Waals surface area (Å²) in [6.07, 6.45) is -5.85. The van der Waals surface area contributed by atoms with E-state index in [9.17, 15) is 15.0 Å². The van der Waals surface area contributed by atoms with Gasteiger partial charge in [-0.1, -0.05) is 15.9 Å². The maximum Gasteiger partial charge on any atom is 0.303 e. The Bertz CT molecular complexity index is 275. The molecule has 7 nitrogen and oxygen atoms in total. The number of alkyl halides is 1. The van der Waals surface area contributed by atoms with Gasteiger partial charge in [0.05, 0.1) is 13.2 Å². The summed E-state index contributed by atoms with van der Waals surface area (Å²) >= 11 is 3.16. The Balaban J connectivity index is 2.76. The van der Waals surface area contributed by atoms with Crippen molar-refractivity contribution >= 4 is 21.9 Å². The van der Waals surface area contributed by atoms with Crippen LogP contribution < -0.4 is 0 Å². The number of rotatable bonds is 5. The normalized spacial score (nSPS) is 36.4. The molecule has 8 heteroatoms. The van der Waals surface area contributed by atoms with Gasteiger partial charge in [-0.3, -0.25) is 4.79 Å². The summed E-state index contributed by atoms with van der Waals surface area (Å²) in [5, 5.41) is 29.1. The lowest BCUT2D eigenvalue weighted by Crippen LogP contribution is -2.60. The Morgan fingerprint density at radius 3 is 2.56 bits per heavy atom. The molecule has 2 unspecified atom stereocenters. The number of esters is 1. The third kappa shape index (κ3) is 3.87. The molecule has 0 radical (unpaired) electrons. The van der Waals surface area contributed by atoms with Crippen molar-refractivity contribution < 1.29 is 34.3 Å². The van der Waals surface area contributed by atoms with Crippen LogP contribution in [0.15, 0.2) is 0 Å². The van der Waals surface area contributed by atoms with Gasteiger partial charge in [0.2, 0.25) is 0 Å². The van der Waals surface area contributed by atoms with E-state index in [1.807, 2.05) is 0 Å². The molecule has 1 heterocycles. The number of hydrogen-bond acceptors (Lipinski definition) is 7. The van der Waals surface area contributed by atoms with Crippen LogP contribution >= 0.6 is 15.9 Å². The van der Waals surface area contributed by atoms with Crippen molar-refractivity contribution in [3.8, 4) is 0 Å². The second-order valence-electron chi connectivity index (χ2n) is 3.84. The van der Waals surface area contributed by atoms with E-state index in [4.69, 9.17) is 19.3 Å². The first kappa shape index (κ1) is 15.8. The van der Waals surface area contributed by atoms with Gasteiger partial charge in [-0.15, -0.1) is 0 Å². The Hall–Kier alpha value is -0.250. The first-order valence-corrected chi connectivity index (χ1v) is 6.60. The predicted octanol–water partition coefficient (Wildman–Crippen LogP) is -1.23. The van der Waals surface area contributed by atoms with Crippen molar-refractivity contribution in [1.29, 1.82) is 0 Å². The molecule has 1 aliphatic rings. The fourth-order valence-corrected chi connectivity index (χ4v) is 1.86. The van der Waals surface area contributed by atoms with Crippen LogP contribution in [0.25, 0.3) is 0 Å². The summed E-state index contributed by atoms with van der Waals surface area (Å²) in [6, 6.07) is 0. The molecule has 18 heavy (non-hydrogen) atoms. The van der Waals surface area contributed by atoms with Gasteiger partial charge in [-0.05, 0) is 0 Å². The highest BCUT2D eigenvalue weighted by Crippen LogP contribution is 2.24. The van der Waals surface area contributed by atoms with Crippen molar-refractivity contribution in [2.24, 2.45) is 0 Å². The summed E-state index contributed by atoms with van der Waals surface area (Å²) in [5.74, 6) is -0.621. The van der Waals surface area contributed by atoms with E-state index < -0.39 is 43.3 Å². The second kappa shape index (κ2) is 7.37. The largest absolute Gasteiger partial charge is 0.454 e. The number of aliphatic hydroxyl groups is 3. The van der Waals surface area contributed by atoms with Crippen molar-refractivity contribution in [2.45, 2.75) is 37.6 Å². The quantitative estimate of drug-likeness (QED) is 0.428. The van der Waals surface area contributed by atoms with Crippen LogP contribution in [0.4, 0.5) is 0 Å². The monoisotopic (exact) mass is 328 g/mol. The molecule has 0 aliphatic carbocycles. The van der Waals surface area contributed by atoms with E-state index in [0.717, 1.165) is 0 Å². The molecule has 0 amide bonds. The van der Waals surface area contributed by atoms with Gasteiger partial charge in [0, 0.05) is 12.3 Å². The van der Waals surface area contributed by atoms with Crippen molar-refractivity contribution in [3.05, 3.63) is 0 Å². The molecule has 0 aromatic heterocycles. The van der Waals surface area contributed by atoms with Crippen LogP contribution in [0.5, 0.6) is 0 Å². The lowest BCUT2D eigenvalue weighted by atomic mass is 9.99. The summed E-state index contributed by atoms with van der Waals surface area (Å²) in [4.78, 5) is 10.9. The molecule has 1 saturated heterocycles. The van der Waals surface area contributed by atoms with Gasteiger partial charge in [-0.2, -0.15) is 0 Å². The summed E-state index contributed by atoms with van der Waals surface area (Å²) in [5.41, 5.74) is 0. The molecular formula is C10H17BrO7. The van der Waals surface area contributed by atoms with Crippen LogP contribution in [-0.4, -0.2) is 70.5 Å². The Kier molecular flexibility index (Phi) is 6.47. The minimum absolute atomic E-state index is 0.267. The average Bonchev–Trinajstić information content (AvgIpc) is 2.33. The molecule has 1 aliphatic heterocycles. The van der Waals surface area contributed by atoms with E-state index in [1.165, 1.54) is 6.92 Å². The minimum atomic E-state index is -1.37. The fraction of sp³-hybridized carbons (Fsp3) is 0.900. The lowest BCUT2D eigenvalue weighted by Gasteiger charge is -2.41. The molecule has 0 saturated carbocycles. The molecule has 3 N–H and O–H groups in total. The summed E-state index contributed by atoms with van der Waals surface area (Å²) in [6.45, 7) is 0.974. The van der Waals surface area contributed by atoms with E-state index in [1.54, 1.807) is 0 Å². The number of carbonyl (C=O) groups excluding carboxylic acids is 1. The summed E-state index contributed by atoms with van der Waals surface area (Å²) in [7, 11) is 0. The second-order valence-corrected chi connectivity index (χ2v) is 4.63. The molecule has 5 atom stereocenters. The summed E-state index contributed by atoms with van der Waals surface area (Å²) < 4.78 is 15.4. The molecule has 1 fully saturated rings. The van der Waals surface area contributed by atoms with Crippen LogP contribution in [0, 0.1) is 0 Å². The first-order chi connectivity index (χ1) is 8.51. The standard InChI is InChI=1S/C10H17BrO7/c1-5(13)17-9-8(15)7(14)6(4-12)18-10(9)16-3-2-11/h6-10,12,14-15H,2-4H2,1H3/t6?,7-,8?,9+,10-/m1/s1. The van der Waals surface area contributed by atoms with Gasteiger partial charge < -0.3 is 29.5 Å². The number of halogens is 1. The van der Waals surface area contributed by atoms with Gasteiger partial charge in [0.25, 0.3) is 0 Å². The van der Waals surface area contributed by atoms with Gasteiger partial charge in [-0.25, -0.2) is 0 Å². The van der Waals surface area contributed by atoms with Crippen molar-refractivity contribution in [1.82, 2.24) is 0 Å². The highest BCUT2D eigenvalue weighted by atomic mass is 79.9. The maximum absolute atomic E-state index is 10.9. The smallest absolute Gasteiger partial charge is 0.303 e. The molecule has 106 valence electrons. The molecule has 0 aromatic rings. The minimum Gasteiger partial charge on any atom is -0.454 e. The van der Waals surface area contributed by atoms with Gasteiger partial charge >= 0.3 is 5.97 Å². The zero-order valence-corrected chi connectivity index (χ0v) is 11.4. The highest BCUT2D eigenvalue weighted by molar-refractivity contribution is 9.09. The molecule has 0 bridgehead atoms. The van der Waals surface area contributed by atoms with E-state index in [-0.39, 0.29) is 6.61 Å². The van der Waals surface area contributed by atoms with E-state index in [0.29, 0.717) is 5.33 Å². The first-order valence-electron chi connectivity index (χ1n) is 5.48. The molecule has 0 spiro atoms. The number of hydrogen-bond donors (Lipinski definition) is 3. The zero-order chi connectivity index (χ0) is 13.7.